The smallest absolute Gasteiger partial charge is 0.287 e. The van der Waals surface area contributed by atoms with Gasteiger partial charge in [-0.05, 0) is 31.6 Å². The Labute approximate surface area is 124 Å². The molecule has 1 aliphatic carbocycles. The molecule has 0 saturated heterocycles. The zero-order valence-corrected chi connectivity index (χ0v) is 12.7. The van der Waals surface area contributed by atoms with E-state index in [0.717, 1.165) is 25.7 Å². The van der Waals surface area contributed by atoms with E-state index in [0.29, 0.717) is 18.2 Å². The maximum absolute atomic E-state index is 12.1. The van der Waals surface area contributed by atoms with Crippen molar-refractivity contribution < 1.29 is 5.11 Å². The van der Waals surface area contributed by atoms with Crippen LogP contribution in [0.25, 0.3) is 0 Å². The lowest BCUT2D eigenvalue weighted by atomic mass is 9.93. The average Bonchev–Trinajstić information content (AvgIpc) is 2.40. The summed E-state index contributed by atoms with van der Waals surface area (Å²) in [6.07, 6.45) is 4.76. The molecule has 6 heteroatoms. The SMILES string of the molecule is CC(C)Cn1ncc(NC2CCC(O)CC2)c(Cl)c1=O. The van der Waals surface area contributed by atoms with Crippen LogP contribution in [0.1, 0.15) is 39.5 Å². The van der Waals surface area contributed by atoms with E-state index in [9.17, 15) is 9.90 Å². The summed E-state index contributed by atoms with van der Waals surface area (Å²) in [4.78, 5) is 12.1. The fourth-order valence-electron chi connectivity index (χ4n) is 2.48. The van der Waals surface area contributed by atoms with E-state index < -0.39 is 0 Å². The van der Waals surface area contributed by atoms with Gasteiger partial charge in [0.15, 0.2) is 0 Å². The summed E-state index contributed by atoms with van der Waals surface area (Å²) in [5.41, 5.74) is 0.347. The average molecular weight is 300 g/mol. The van der Waals surface area contributed by atoms with E-state index in [1.807, 2.05) is 13.8 Å². The van der Waals surface area contributed by atoms with Crippen LogP contribution in [0, 0.1) is 5.92 Å². The molecule has 1 saturated carbocycles. The molecule has 0 aliphatic heterocycles. The summed E-state index contributed by atoms with van der Waals surface area (Å²) in [6.45, 7) is 4.62. The van der Waals surface area contributed by atoms with Gasteiger partial charge in [-0.15, -0.1) is 0 Å². The van der Waals surface area contributed by atoms with Gasteiger partial charge in [0.2, 0.25) is 0 Å². The van der Waals surface area contributed by atoms with Crippen molar-refractivity contribution in [1.82, 2.24) is 9.78 Å². The van der Waals surface area contributed by atoms with Crippen LogP contribution in [-0.2, 0) is 6.54 Å². The number of aromatic nitrogens is 2. The monoisotopic (exact) mass is 299 g/mol. The molecule has 0 bridgehead atoms. The number of hydrogen-bond donors (Lipinski definition) is 2. The Morgan fingerprint density at radius 2 is 2.10 bits per heavy atom. The van der Waals surface area contributed by atoms with E-state index in [1.54, 1.807) is 6.20 Å². The third-order valence-corrected chi connectivity index (χ3v) is 3.94. The largest absolute Gasteiger partial charge is 0.393 e. The molecule has 1 aromatic heterocycles. The van der Waals surface area contributed by atoms with Crippen LogP contribution in [0.15, 0.2) is 11.0 Å². The molecule has 0 unspecified atom stereocenters. The van der Waals surface area contributed by atoms with Crippen LogP contribution >= 0.6 is 11.6 Å². The topological polar surface area (TPSA) is 67.2 Å². The van der Waals surface area contributed by atoms with E-state index in [-0.39, 0.29) is 22.7 Å². The van der Waals surface area contributed by atoms with E-state index in [4.69, 9.17) is 11.6 Å². The third-order valence-electron chi connectivity index (χ3n) is 3.58. The number of nitrogens with one attached hydrogen (secondary N) is 1. The van der Waals surface area contributed by atoms with Crippen LogP contribution in [-0.4, -0.2) is 27.0 Å². The van der Waals surface area contributed by atoms with Gasteiger partial charge in [0.1, 0.15) is 5.02 Å². The van der Waals surface area contributed by atoms with E-state index in [2.05, 4.69) is 10.4 Å². The highest BCUT2D eigenvalue weighted by Crippen LogP contribution is 2.24. The third kappa shape index (κ3) is 3.73. The second-order valence-electron chi connectivity index (χ2n) is 5.90. The van der Waals surface area contributed by atoms with Gasteiger partial charge in [0.25, 0.3) is 5.56 Å². The number of aliphatic hydroxyl groups excluding tert-OH is 1. The fourth-order valence-corrected chi connectivity index (χ4v) is 2.68. The molecular weight excluding hydrogens is 278 g/mol. The molecule has 1 heterocycles. The Bertz CT molecular complexity index is 508. The molecule has 1 aromatic rings. The Morgan fingerprint density at radius 1 is 1.45 bits per heavy atom. The highest BCUT2D eigenvalue weighted by atomic mass is 35.5. The van der Waals surface area contributed by atoms with Crippen molar-refractivity contribution in [2.75, 3.05) is 5.32 Å². The Kier molecular flexibility index (Phi) is 5.05. The molecule has 5 nitrogen and oxygen atoms in total. The molecular formula is C14H22ClN3O2. The Morgan fingerprint density at radius 3 is 2.70 bits per heavy atom. The first-order valence-electron chi connectivity index (χ1n) is 7.17. The van der Waals surface area contributed by atoms with Gasteiger partial charge >= 0.3 is 0 Å². The number of rotatable bonds is 4. The van der Waals surface area contributed by atoms with Crippen molar-refractivity contribution in [2.24, 2.45) is 5.92 Å². The highest BCUT2D eigenvalue weighted by molar-refractivity contribution is 6.32. The summed E-state index contributed by atoms with van der Waals surface area (Å²) >= 11 is 6.14. The van der Waals surface area contributed by atoms with Crippen LogP contribution in [0.3, 0.4) is 0 Å². The predicted octanol–water partition coefficient (Wildman–Crippen LogP) is 2.27. The zero-order valence-electron chi connectivity index (χ0n) is 12.0. The van der Waals surface area contributed by atoms with Crippen molar-refractivity contribution in [3.63, 3.8) is 0 Å². The first-order chi connectivity index (χ1) is 9.47. The maximum Gasteiger partial charge on any atom is 0.287 e. The maximum atomic E-state index is 12.1. The molecule has 1 aliphatic rings. The molecule has 2 N–H and O–H groups in total. The molecule has 1 fully saturated rings. The van der Waals surface area contributed by atoms with E-state index >= 15 is 0 Å². The highest BCUT2D eigenvalue weighted by Gasteiger charge is 2.20. The van der Waals surface area contributed by atoms with Crippen molar-refractivity contribution in [2.45, 2.75) is 58.2 Å². The molecule has 0 radical (unpaired) electrons. The molecule has 20 heavy (non-hydrogen) atoms. The minimum absolute atomic E-state index is 0.194. The van der Waals surface area contributed by atoms with Gasteiger partial charge in [-0.2, -0.15) is 5.10 Å². The van der Waals surface area contributed by atoms with Crippen LogP contribution in [0.2, 0.25) is 5.02 Å². The number of anilines is 1. The van der Waals surface area contributed by atoms with Gasteiger partial charge in [0, 0.05) is 12.6 Å². The molecule has 0 aromatic carbocycles. The first-order valence-corrected chi connectivity index (χ1v) is 7.55. The molecule has 0 amide bonds. The lowest BCUT2D eigenvalue weighted by Gasteiger charge is -2.27. The van der Waals surface area contributed by atoms with Crippen molar-refractivity contribution >= 4 is 17.3 Å². The Hall–Kier alpha value is -1.07. The molecule has 112 valence electrons. The summed E-state index contributed by atoms with van der Waals surface area (Å²) in [5, 5.41) is 17.1. The van der Waals surface area contributed by atoms with Crippen LogP contribution in [0.4, 0.5) is 5.69 Å². The normalized spacial score (nSPS) is 23.1. The number of hydrogen-bond acceptors (Lipinski definition) is 4. The standard InChI is InChI=1S/C14H22ClN3O2/c1-9(2)8-18-14(20)13(15)12(7-16-18)17-10-3-5-11(19)6-4-10/h7,9-11,17,19H,3-6,8H2,1-2H3. The minimum Gasteiger partial charge on any atom is -0.393 e. The number of aliphatic hydroxyl groups is 1. The zero-order chi connectivity index (χ0) is 14.7. The number of halogens is 1. The first kappa shape index (κ1) is 15.3. The van der Waals surface area contributed by atoms with Crippen molar-refractivity contribution in [3.05, 3.63) is 21.6 Å². The second kappa shape index (κ2) is 6.59. The summed E-state index contributed by atoms with van der Waals surface area (Å²) in [5.74, 6) is 0.343. The molecule has 0 atom stereocenters. The van der Waals surface area contributed by atoms with Gasteiger partial charge in [-0.3, -0.25) is 4.79 Å². The van der Waals surface area contributed by atoms with Crippen LogP contribution < -0.4 is 10.9 Å². The quantitative estimate of drug-likeness (QED) is 0.895. The minimum atomic E-state index is -0.249. The summed E-state index contributed by atoms with van der Waals surface area (Å²) in [6, 6.07) is 0.248. The molecule has 2 rings (SSSR count). The van der Waals surface area contributed by atoms with Gasteiger partial charge < -0.3 is 10.4 Å². The van der Waals surface area contributed by atoms with Gasteiger partial charge in [-0.1, -0.05) is 25.4 Å². The predicted molar refractivity (Wildman–Crippen MR) is 80.2 cm³/mol. The van der Waals surface area contributed by atoms with Crippen molar-refractivity contribution in [3.8, 4) is 0 Å². The Balaban J connectivity index is 2.09. The van der Waals surface area contributed by atoms with E-state index in [1.165, 1.54) is 4.68 Å². The fraction of sp³-hybridized carbons (Fsp3) is 0.714. The number of nitrogens with zero attached hydrogens (tertiary/aromatic N) is 2. The lowest BCUT2D eigenvalue weighted by molar-refractivity contribution is 0.126. The second-order valence-corrected chi connectivity index (χ2v) is 6.28. The van der Waals surface area contributed by atoms with Gasteiger partial charge in [0.05, 0.1) is 18.0 Å². The summed E-state index contributed by atoms with van der Waals surface area (Å²) in [7, 11) is 0. The summed E-state index contributed by atoms with van der Waals surface area (Å²) < 4.78 is 1.41. The lowest BCUT2D eigenvalue weighted by Crippen LogP contribution is -2.31. The van der Waals surface area contributed by atoms with Crippen molar-refractivity contribution in [1.29, 1.82) is 0 Å². The van der Waals surface area contributed by atoms with Crippen LogP contribution in [0.5, 0.6) is 0 Å². The van der Waals surface area contributed by atoms with Gasteiger partial charge in [-0.25, -0.2) is 4.68 Å². The molecule has 0 spiro atoms.